The van der Waals surface area contributed by atoms with E-state index in [4.69, 9.17) is 14.6 Å². The molecule has 8 nitrogen and oxygen atoms in total. The van der Waals surface area contributed by atoms with Crippen LogP contribution < -0.4 is 5.32 Å². The Morgan fingerprint density at radius 3 is 2.24 bits per heavy atom. The van der Waals surface area contributed by atoms with Gasteiger partial charge in [0.2, 0.25) is 5.91 Å². The first kappa shape index (κ1) is 27.3. The number of nitrogens with one attached hydrogen (secondary N) is 1. The van der Waals surface area contributed by atoms with Gasteiger partial charge in [-0.1, -0.05) is 55.0 Å². The minimum atomic E-state index is -0.891. The molecule has 3 atom stereocenters. The topological polar surface area (TPSA) is 108 Å². The second-order valence-electron chi connectivity index (χ2n) is 9.98. The van der Waals surface area contributed by atoms with E-state index in [0.717, 1.165) is 48.3 Å². The second-order valence-corrected chi connectivity index (χ2v) is 9.98. The number of benzene rings is 2. The summed E-state index contributed by atoms with van der Waals surface area (Å²) in [5, 5.41) is 21.0. The van der Waals surface area contributed by atoms with Crippen LogP contribution in [-0.2, 0) is 32.2 Å². The molecule has 2 aliphatic rings. The summed E-state index contributed by atoms with van der Waals surface area (Å²) in [7, 11) is 0. The molecule has 3 N–H and O–H groups in total. The fourth-order valence-corrected chi connectivity index (χ4v) is 4.94. The third-order valence-corrected chi connectivity index (χ3v) is 7.06. The fourth-order valence-electron chi connectivity index (χ4n) is 4.94. The summed E-state index contributed by atoms with van der Waals surface area (Å²) in [6, 6.07) is 15.8. The molecule has 0 aromatic heterocycles. The lowest BCUT2D eigenvalue weighted by Gasteiger charge is -2.39. The summed E-state index contributed by atoms with van der Waals surface area (Å²) in [6.07, 6.45) is 4.51. The summed E-state index contributed by atoms with van der Waals surface area (Å²) in [5.74, 6) is -1.04. The van der Waals surface area contributed by atoms with Crippen LogP contribution in [0.1, 0.15) is 79.6 Å². The molecule has 4 rings (SSSR count). The number of carboxylic acids is 1. The maximum atomic E-state index is 12.0. The van der Waals surface area contributed by atoms with E-state index in [9.17, 15) is 14.7 Å². The quantitative estimate of drug-likeness (QED) is 0.418. The number of piperidine rings is 1. The molecule has 2 aromatic carbocycles. The zero-order valence-corrected chi connectivity index (χ0v) is 21.3. The average molecular weight is 511 g/mol. The number of hydrogen-bond donors (Lipinski definition) is 3. The molecule has 0 aliphatic carbocycles. The molecule has 37 heavy (non-hydrogen) atoms. The fraction of sp³-hybridized carbons (Fsp3) is 0.517. The van der Waals surface area contributed by atoms with Crippen molar-refractivity contribution in [3.05, 3.63) is 70.8 Å². The number of rotatable bonds is 11. The van der Waals surface area contributed by atoms with Gasteiger partial charge in [0.15, 0.2) is 6.29 Å². The van der Waals surface area contributed by atoms with Gasteiger partial charge in [-0.15, -0.1) is 0 Å². The lowest BCUT2D eigenvalue weighted by Crippen LogP contribution is -2.41. The number of carbonyl (C=O) groups excluding carboxylic acids is 1. The highest BCUT2D eigenvalue weighted by molar-refractivity contribution is 5.76. The summed E-state index contributed by atoms with van der Waals surface area (Å²) in [6.45, 7) is 3.51. The number of aliphatic hydroxyl groups excluding tert-OH is 1. The molecule has 0 bridgehead atoms. The molecule has 1 amide bonds. The Morgan fingerprint density at radius 1 is 0.892 bits per heavy atom. The molecule has 0 radical (unpaired) electrons. The van der Waals surface area contributed by atoms with E-state index in [1.807, 2.05) is 48.5 Å². The third kappa shape index (κ3) is 8.36. The van der Waals surface area contributed by atoms with Crippen molar-refractivity contribution in [2.75, 3.05) is 19.6 Å². The minimum absolute atomic E-state index is 0.00513. The first-order valence-electron chi connectivity index (χ1n) is 13.3. The van der Waals surface area contributed by atoms with Gasteiger partial charge in [0.1, 0.15) is 0 Å². The monoisotopic (exact) mass is 510 g/mol. The van der Waals surface area contributed by atoms with E-state index in [2.05, 4.69) is 10.2 Å². The van der Waals surface area contributed by atoms with Gasteiger partial charge in [0, 0.05) is 37.9 Å². The van der Waals surface area contributed by atoms with Crippen molar-refractivity contribution in [1.82, 2.24) is 10.2 Å². The van der Waals surface area contributed by atoms with E-state index in [-0.39, 0.29) is 37.6 Å². The number of carbonyl (C=O) groups is 2. The molecule has 2 aromatic rings. The smallest absolute Gasteiger partial charge is 0.303 e. The molecule has 8 heteroatoms. The van der Waals surface area contributed by atoms with Crippen LogP contribution in [-0.4, -0.2) is 52.7 Å². The molecule has 0 spiro atoms. The van der Waals surface area contributed by atoms with Gasteiger partial charge in [0.25, 0.3) is 0 Å². The van der Waals surface area contributed by atoms with Gasteiger partial charge in [-0.25, -0.2) is 0 Å². The molecule has 200 valence electrons. The lowest BCUT2D eigenvalue weighted by molar-refractivity contribution is -0.253. The lowest BCUT2D eigenvalue weighted by atomic mass is 9.99. The number of likely N-dealkylation sites (tertiary alicyclic amines) is 1. The van der Waals surface area contributed by atoms with Gasteiger partial charge in [-0.2, -0.15) is 0 Å². The van der Waals surface area contributed by atoms with Gasteiger partial charge < -0.3 is 29.9 Å². The van der Waals surface area contributed by atoms with Crippen LogP contribution in [0.25, 0.3) is 0 Å². The standard InChI is InChI=1S/C29H38N2O6/c32-20-22-9-11-23(12-10-22)26-17-25(19-31-15-2-1-3-16-31)36-29(37-26)24-13-7-21(8-14-24)18-30-27(33)5-4-6-28(34)35/h7-14,25-26,29,32H,1-6,15-20H2,(H,30,33)(H,34,35)/t25-,26+,29+/m0/s1. The van der Waals surface area contributed by atoms with E-state index in [1.54, 1.807) is 0 Å². The zero-order chi connectivity index (χ0) is 26.0. The van der Waals surface area contributed by atoms with Crippen LogP contribution in [0.15, 0.2) is 48.5 Å². The molecule has 2 heterocycles. The normalized spacial score (nSPS) is 22.5. The Labute approximate surface area is 218 Å². The highest BCUT2D eigenvalue weighted by atomic mass is 16.7. The number of carboxylic acid groups (broad SMARTS) is 1. The SMILES string of the molecule is O=C(O)CCCC(=O)NCc1ccc([C@@H]2O[C@H](CN3CCCCC3)C[C@H](c3ccc(CO)cc3)O2)cc1. The van der Waals surface area contributed by atoms with Crippen LogP contribution in [0.2, 0.25) is 0 Å². The number of aliphatic hydroxyl groups is 1. The number of aliphatic carboxylic acids is 1. The van der Waals surface area contributed by atoms with Gasteiger partial charge >= 0.3 is 5.97 Å². The molecule has 2 saturated heterocycles. The zero-order valence-electron chi connectivity index (χ0n) is 21.3. The first-order chi connectivity index (χ1) is 18.0. The largest absolute Gasteiger partial charge is 0.481 e. The average Bonchev–Trinajstić information content (AvgIpc) is 2.92. The molecule has 2 aliphatic heterocycles. The van der Waals surface area contributed by atoms with Crippen LogP contribution in [0.5, 0.6) is 0 Å². The summed E-state index contributed by atoms with van der Waals surface area (Å²) < 4.78 is 12.9. The van der Waals surface area contributed by atoms with E-state index < -0.39 is 12.3 Å². The Hall–Kier alpha value is -2.78. The van der Waals surface area contributed by atoms with Crippen molar-refractivity contribution < 1.29 is 29.3 Å². The Kier molecular flexibility index (Phi) is 10.1. The van der Waals surface area contributed by atoms with Crippen LogP contribution in [0.3, 0.4) is 0 Å². The van der Waals surface area contributed by atoms with Crippen molar-refractivity contribution in [3.8, 4) is 0 Å². The number of hydrogen-bond acceptors (Lipinski definition) is 6. The van der Waals surface area contributed by atoms with Crippen LogP contribution in [0, 0.1) is 0 Å². The predicted octanol–water partition coefficient (Wildman–Crippen LogP) is 4.08. The van der Waals surface area contributed by atoms with Gasteiger partial charge in [-0.05, 0) is 49.0 Å². The molecular weight excluding hydrogens is 472 g/mol. The number of nitrogens with zero attached hydrogens (tertiary/aromatic N) is 1. The van der Waals surface area contributed by atoms with Crippen molar-refractivity contribution in [2.45, 2.75) is 76.6 Å². The minimum Gasteiger partial charge on any atom is -0.481 e. The first-order valence-corrected chi connectivity index (χ1v) is 13.3. The van der Waals surface area contributed by atoms with Gasteiger partial charge in [-0.3, -0.25) is 9.59 Å². The number of ether oxygens (including phenoxy) is 2. The van der Waals surface area contributed by atoms with E-state index in [0.29, 0.717) is 13.0 Å². The summed E-state index contributed by atoms with van der Waals surface area (Å²) in [5.41, 5.74) is 3.84. The summed E-state index contributed by atoms with van der Waals surface area (Å²) >= 11 is 0. The van der Waals surface area contributed by atoms with Crippen molar-refractivity contribution in [3.63, 3.8) is 0 Å². The predicted molar refractivity (Wildman–Crippen MR) is 138 cm³/mol. The maximum absolute atomic E-state index is 12.0. The van der Waals surface area contributed by atoms with Crippen molar-refractivity contribution >= 4 is 11.9 Å². The van der Waals surface area contributed by atoms with Crippen molar-refractivity contribution in [1.29, 1.82) is 0 Å². The second kappa shape index (κ2) is 13.7. The van der Waals surface area contributed by atoms with Crippen LogP contribution in [0.4, 0.5) is 0 Å². The molecule has 0 saturated carbocycles. The Balaban J connectivity index is 1.39. The summed E-state index contributed by atoms with van der Waals surface area (Å²) in [4.78, 5) is 25.1. The van der Waals surface area contributed by atoms with Crippen LogP contribution >= 0.6 is 0 Å². The van der Waals surface area contributed by atoms with Gasteiger partial charge in [0.05, 0.1) is 18.8 Å². The van der Waals surface area contributed by atoms with E-state index in [1.165, 1.54) is 19.3 Å². The molecule has 0 unspecified atom stereocenters. The Bertz CT molecular complexity index is 1000. The molecular formula is C29H38N2O6. The highest BCUT2D eigenvalue weighted by Crippen LogP contribution is 2.38. The highest BCUT2D eigenvalue weighted by Gasteiger charge is 2.33. The van der Waals surface area contributed by atoms with Crippen molar-refractivity contribution in [2.24, 2.45) is 0 Å². The van der Waals surface area contributed by atoms with E-state index >= 15 is 0 Å². The number of amides is 1. The Morgan fingerprint density at radius 2 is 1.57 bits per heavy atom. The maximum Gasteiger partial charge on any atom is 0.303 e. The molecule has 2 fully saturated rings. The third-order valence-electron chi connectivity index (χ3n) is 7.06.